The van der Waals surface area contributed by atoms with Gasteiger partial charge in [0, 0.05) is 6.20 Å². The Labute approximate surface area is 60.2 Å². The summed E-state index contributed by atoms with van der Waals surface area (Å²) in [4.78, 5) is 17.4. The minimum atomic E-state index is -0.0133. The lowest BCUT2D eigenvalue weighted by atomic mass is 10.4. The maximum atomic E-state index is 10.1. The number of hydrogen-bond donors (Lipinski definition) is 0. The number of hydrogen-bond acceptors (Lipinski definition) is 6. The summed E-state index contributed by atoms with van der Waals surface area (Å²) in [6.07, 6.45) is 2.73. The van der Waals surface area contributed by atoms with Gasteiger partial charge in [0.15, 0.2) is 0 Å². The Bertz CT molecular complexity index is 396. The Morgan fingerprint density at radius 1 is 1.55 bits per heavy atom. The third kappa shape index (κ3) is 0.759. The molecule has 0 N–H and O–H groups in total. The topological polar surface area (TPSA) is 81.2 Å². The summed E-state index contributed by atoms with van der Waals surface area (Å²) in [5, 5.41) is 6.41. The molecule has 2 heterocycles. The molecule has 2 rings (SSSR count). The fourth-order valence-corrected chi connectivity index (χ4v) is 0.746. The Morgan fingerprint density at radius 2 is 2.45 bits per heavy atom. The monoisotopic (exact) mass is 150 g/mol. The molecule has 0 atom stereocenters. The number of fused-ring (bicyclic) bond motifs is 1. The van der Waals surface area contributed by atoms with Gasteiger partial charge in [0.25, 0.3) is 5.71 Å². The minimum Gasteiger partial charge on any atom is -0.333 e. The van der Waals surface area contributed by atoms with Crippen LogP contribution in [0.4, 0.5) is 5.82 Å². The molecule has 0 saturated carbocycles. The average molecular weight is 150 g/mol. The molecule has 0 aliphatic rings. The molecule has 0 fully saturated rings. The van der Waals surface area contributed by atoms with E-state index in [1.165, 1.54) is 12.5 Å². The molecular weight excluding hydrogens is 148 g/mol. The Morgan fingerprint density at radius 3 is 3.27 bits per heavy atom. The van der Waals surface area contributed by atoms with Crippen LogP contribution < -0.4 is 0 Å². The molecule has 6 heteroatoms. The van der Waals surface area contributed by atoms with Crippen LogP contribution >= 0.6 is 0 Å². The maximum absolute atomic E-state index is 10.1. The van der Waals surface area contributed by atoms with Gasteiger partial charge in [0.2, 0.25) is 5.82 Å². The second-order valence-electron chi connectivity index (χ2n) is 1.84. The van der Waals surface area contributed by atoms with Crippen LogP contribution in [0.3, 0.4) is 0 Å². The summed E-state index contributed by atoms with van der Waals surface area (Å²) in [7, 11) is 0. The second-order valence-corrected chi connectivity index (χ2v) is 1.84. The molecule has 0 aliphatic heterocycles. The number of aromatic nitrogens is 3. The maximum Gasteiger partial charge on any atom is 0.263 e. The first-order chi connectivity index (χ1) is 5.42. The van der Waals surface area contributed by atoms with Gasteiger partial charge in [-0.1, -0.05) is 5.16 Å². The van der Waals surface area contributed by atoms with E-state index < -0.39 is 0 Å². The zero-order chi connectivity index (χ0) is 7.68. The van der Waals surface area contributed by atoms with Gasteiger partial charge in [-0.3, -0.25) is 0 Å². The number of rotatable bonds is 1. The van der Waals surface area contributed by atoms with E-state index >= 15 is 0 Å². The van der Waals surface area contributed by atoms with Crippen molar-refractivity contribution in [1.29, 1.82) is 0 Å². The summed E-state index contributed by atoms with van der Waals surface area (Å²) >= 11 is 0. The van der Waals surface area contributed by atoms with Crippen LogP contribution in [0.2, 0.25) is 0 Å². The van der Waals surface area contributed by atoms with Gasteiger partial charge >= 0.3 is 0 Å². The largest absolute Gasteiger partial charge is 0.333 e. The zero-order valence-electron chi connectivity index (χ0n) is 5.26. The first-order valence-electron chi connectivity index (χ1n) is 2.80. The Balaban J connectivity index is 2.86. The van der Waals surface area contributed by atoms with Gasteiger partial charge in [-0.25, -0.2) is 4.98 Å². The Hall–Kier alpha value is -1.85. The van der Waals surface area contributed by atoms with Crippen molar-refractivity contribution in [2.45, 2.75) is 0 Å². The third-order valence-electron chi connectivity index (χ3n) is 1.22. The number of nitroso groups, excluding NO2 is 1. The van der Waals surface area contributed by atoms with Crippen LogP contribution in [-0.2, 0) is 0 Å². The van der Waals surface area contributed by atoms with Crippen LogP contribution in [0, 0.1) is 4.91 Å². The lowest BCUT2D eigenvalue weighted by molar-refractivity contribution is 0.450. The highest BCUT2D eigenvalue weighted by Crippen LogP contribution is 2.20. The summed E-state index contributed by atoms with van der Waals surface area (Å²) in [6, 6.07) is 0. The molecule has 11 heavy (non-hydrogen) atoms. The minimum absolute atomic E-state index is 0.0133. The molecule has 0 unspecified atom stereocenters. The summed E-state index contributed by atoms with van der Waals surface area (Å²) < 4.78 is 4.65. The first kappa shape index (κ1) is 5.90. The molecule has 0 spiro atoms. The Kier molecular flexibility index (Phi) is 1.12. The highest BCUT2D eigenvalue weighted by Gasteiger charge is 2.07. The highest BCUT2D eigenvalue weighted by atomic mass is 16.5. The molecule has 2 aromatic heterocycles. The SMILES string of the molecule is O=Nc1noc2ncncc12. The van der Waals surface area contributed by atoms with Crippen molar-refractivity contribution in [2.24, 2.45) is 5.18 Å². The predicted molar refractivity (Wildman–Crippen MR) is 35.1 cm³/mol. The van der Waals surface area contributed by atoms with Crippen molar-refractivity contribution in [3.63, 3.8) is 0 Å². The molecule has 2 aromatic rings. The quantitative estimate of drug-likeness (QED) is 0.566. The third-order valence-corrected chi connectivity index (χ3v) is 1.22. The van der Waals surface area contributed by atoms with Crippen molar-refractivity contribution in [2.75, 3.05) is 0 Å². The second kappa shape index (κ2) is 2.08. The van der Waals surface area contributed by atoms with E-state index in [4.69, 9.17) is 0 Å². The average Bonchev–Trinajstić information content (AvgIpc) is 2.47. The normalized spacial score (nSPS) is 10.2. The lowest BCUT2D eigenvalue weighted by Crippen LogP contribution is -1.73. The molecule has 0 bridgehead atoms. The van der Waals surface area contributed by atoms with Gasteiger partial charge in [-0.15, -0.1) is 4.91 Å². The van der Waals surface area contributed by atoms with Gasteiger partial charge in [-0.05, 0) is 5.18 Å². The first-order valence-corrected chi connectivity index (χ1v) is 2.80. The van der Waals surface area contributed by atoms with Gasteiger partial charge in [-0.2, -0.15) is 4.98 Å². The van der Waals surface area contributed by atoms with Crippen molar-refractivity contribution >= 4 is 16.9 Å². The van der Waals surface area contributed by atoms with E-state index in [0.717, 1.165) is 0 Å². The molecule has 54 valence electrons. The standard InChI is InChI=1S/C5H2N4O2/c10-8-4-3-1-6-2-7-5(3)11-9-4/h1-2H. The van der Waals surface area contributed by atoms with Crippen molar-refractivity contribution in [3.8, 4) is 0 Å². The van der Waals surface area contributed by atoms with Gasteiger partial charge in [0.1, 0.15) is 11.7 Å². The summed E-state index contributed by atoms with van der Waals surface area (Å²) in [5.41, 5.74) is 0.273. The highest BCUT2D eigenvalue weighted by molar-refractivity contribution is 5.82. The zero-order valence-corrected chi connectivity index (χ0v) is 5.26. The van der Waals surface area contributed by atoms with Gasteiger partial charge in [0.05, 0.1) is 0 Å². The molecule has 6 nitrogen and oxygen atoms in total. The molecule has 0 radical (unpaired) electrons. The van der Waals surface area contributed by atoms with E-state index in [-0.39, 0.29) is 11.5 Å². The van der Waals surface area contributed by atoms with E-state index in [2.05, 4.69) is 24.8 Å². The van der Waals surface area contributed by atoms with Crippen LogP contribution in [0.25, 0.3) is 11.1 Å². The van der Waals surface area contributed by atoms with Gasteiger partial charge < -0.3 is 4.52 Å². The van der Waals surface area contributed by atoms with E-state index in [1.54, 1.807) is 0 Å². The van der Waals surface area contributed by atoms with Crippen molar-refractivity contribution in [1.82, 2.24) is 15.1 Å². The van der Waals surface area contributed by atoms with Crippen LogP contribution in [-0.4, -0.2) is 15.1 Å². The van der Waals surface area contributed by atoms with E-state index in [9.17, 15) is 4.91 Å². The van der Waals surface area contributed by atoms with Crippen LogP contribution in [0.5, 0.6) is 0 Å². The molecule has 0 aliphatic carbocycles. The van der Waals surface area contributed by atoms with E-state index in [0.29, 0.717) is 5.39 Å². The lowest BCUT2D eigenvalue weighted by Gasteiger charge is -1.79. The van der Waals surface area contributed by atoms with Crippen molar-refractivity contribution < 1.29 is 4.52 Å². The van der Waals surface area contributed by atoms with Crippen LogP contribution in [0.1, 0.15) is 0 Å². The molecular formula is C5H2N4O2. The molecule has 0 amide bonds. The van der Waals surface area contributed by atoms with Crippen molar-refractivity contribution in [3.05, 3.63) is 17.4 Å². The van der Waals surface area contributed by atoms with E-state index in [1.807, 2.05) is 0 Å². The summed E-state index contributed by atoms with van der Waals surface area (Å²) in [6.45, 7) is 0. The van der Waals surface area contributed by atoms with Crippen LogP contribution in [0.15, 0.2) is 22.2 Å². The molecule has 0 aromatic carbocycles. The predicted octanol–water partition coefficient (Wildman–Crippen LogP) is 1.02. The molecule has 0 saturated heterocycles. The fraction of sp³-hybridized carbons (Fsp3) is 0. The number of nitrogens with zero attached hydrogens (tertiary/aromatic N) is 4. The fourth-order valence-electron chi connectivity index (χ4n) is 0.746. The summed E-state index contributed by atoms with van der Waals surface area (Å²) in [5.74, 6) is -0.0133. The smallest absolute Gasteiger partial charge is 0.263 e.